The van der Waals surface area contributed by atoms with Crippen molar-refractivity contribution in [2.24, 2.45) is 0 Å². The highest BCUT2D eigenvalue weighted by molar-refractivity contribution is 5.94. The zero-order valence-electron chi connectivity index (χ0n) is 15.0. The first kappa shape index (κ1) is 17.9. The summed E-state index contributed by atoms with van der Waals surface area (Å²) in [4.78, 5) is 32.5. The fraction of sp³-hybridized carbons (Fsp3) is 0.350. The lowest BCUT2D eigenvalue weighted by Crippen LogP contribution is -2.51. The molecule has 1 fully saturated rings. The normalized spacial score (nSPS) is 14.4. The van der Waals surface area contributed by atoms with E-state index < -0.39 is 0 Å². The van der Waals surface area contributed by atoms with Gasteiger partial charge in [0.1, 0.15) is 5.82 Å². The van der Waals surface area contributed by atoms with Gasteiger partial charge >= 0.3 is 0 Å². The monoisotopic (exact) mass is 352 g/mol. The fourth-order valence-electron chi connectivity index (χ4n) is 3.02. The van der Waals surface area contributed by atoms with Gasteiger partial charge in [0.25, 0.3) is 5.91 Å². The van der Waals surface area contributed by atoms with E-state index in [4.69, 9.17) is 0 Å². The Kier molecular flexibility index (Phi) is 5.84. The molecule has 2 heterocycles. The zero-order valence-corrected chi connectivity index (χ0v) is 15.0. The maximum Gasteiger partial charge on any atom is 0.252 e. The Hall–Kier alpha value is -2.89. The van der Waals surface area contributed by atoms with Crippen molar-refractivity contribution in [2.75, 3.05) is 37.6 Å². The summed E-state index contributed by atoms with van der Waals surface area (Å²) >= 11 is 0. The summed E-state index contributed by atoms with van der Waals surface area (Å²) in [5, 5.41) is 2.75. The van der Waals surface area contributed by atoms with Gasteiger partial charge in [0.05, 0.1) is 12.1 Å². The van der Waals surface area contributed by atoms with Crippen molar-refractivity contribution in [3.05, 3.63) is 59.8 Å². The number of aromatic nitrogens is 1. The van der Waals surface area contributed by atoms with E-state index in [1.54, 1.807) is 18.3 Å². The van der Waals surface area contributed by atoms with Crippen molar-refractivity contribution in [1.82, 2.24) is 15.2 Å². The number of amides is 2. The van der Waals surface area contributed by atoms with Gasteiger partial charge in [-0.15, -0.1) is 0 Å². The molecule has 1 saturated heterocycles. The van der Waals surface area contributed by atoms with Gasteiger partial charge in [0, 0.05) is 32.4 Å². The van der Waals surface area contributed by atoms with Gasteiger partial charge in [-0.1, -0.05) is 30.3 Å². The molecule has 1 aliphatic heterocycles. The van der Waals surface area contributed by atoms with Gasteiger partial charge in [0.15, 0.2) is 0 Å². The second-order valence-corrected chi connectivity index (χ2v) is 6.30. The standard InChI is InChI=1S/C20H24N4O2/c1-2-21-20(26)17-8-9-18(22-14-17)24-13-12-23(19(25)15-24)11-10-16-6-4-3-5-7-16/h3-9,14H,2,10-13,15H2,1H3,(H,21,26). The molecule has 2 aromatic rings. The van der Waals surface area contributed by atoms with Gasteiger partial charge < -0.3 is 15.1 Å². The first-order valence-corrected chi connectivity index (χ1v) is 8.98. The topological polar surface area (TPSA) is 65.5 Å². The van der Waals surface area contributed by atoms with E-state index in [-0.39, 0.29) is 11.8 Å². The summed E-state index contributed by atoms with van der Waals surface area (Å²) in [6.07, 6.45) is 2.43. The third-order valence-corrected chi connectivity index (χ3v) is 4.50. The summed E-state index contributed by atoms with van der Waals surface area (Å²) in [6, 6.07) is 13.8. The summed E-state index contributed by atoms with van der Waals surface area (Å²) in [5.41, 5.74) is 1.77. The molecule has 26 heavy (non-hydrogen) atoms. The number of hydrogen-bond donors (Lipinski definition) is 1. The van der Waals surface area contributed by atoms with E-state index in [1.807, 2.05) is 34.9 Å². The maximum absolute atomic E-state index is 12.5. The Balaban J connectivity index is 1.55. The first-order chi connectivity index (χ1) is 12.7. The molecule has 6 nitrogen and oxygen atoms in total. The minimum Gasteiger partial charge on any atom is -0.352 e. The van der Waals surface area contributed by atoms with Gasteiger partial charge in [-0.25, -0.2) is 4.98 Å². The number of benzene rings is 1. The van der Waals surface area contributed by atoms with E-state index in [2.05, 4.69) is 22.4 Å². The summed E-state index contributed by atoms with van der Waals surface area (Å²) in [6.45, 7) is 4.95. The molecule has 6 heteroatoms. The lowest BCUT2D eigenvalue weighted by molar-refractivity contribution is -0.130. The van der Waals surface area contributed by atoms with Crippen molar-refractivity contribution in [3.63, 3.8) is 0 Å². The number of rotatable bonds is 6. The second kappa shape index (κ2) is 8.47. The molecule has 0 spiro atoms. The van der Waals surface area contributed by atoms with Crippen LogP contribution in [0.4, 0.5) is 5.82 Å². The summed E-state index contributed by atoms with van der Waals surface area (Å²) in [7, 11) is 0. The lowest BCUT2D eigenvalue weighted by atomic mass is 10.1. The van der Waals surface area contributed by atoms with E-state index >= 15 is 0 Å². The molecule has 0 atom stereocenters. The molecule has 3 rings (SSSR count). The molecule has 1 aromatic carbocycles. The zero-order chi connectivity index (χ0) is 18.4. The predicted molar refractivity (Wildman–Crippen MR) is 101 cm³/mol. The number of hydrogen-bond acceptors (Lipinski definition) is 4. The Labute approximate surface area is 153 Å². The number of nitrogens with one attached hydrogen (secondary N) is 1. The molecular formula is C20H24N4O2. The lowest BCUT2D eigenvalue weighted by Gasteiger charge is -2.35. The molecule has 0 radical (unpaired) electrons. The molecule has 136 valence electrons. The average molecular weight is 352 g/mol. The summed E-state index contributed by atoms with van der Waals surface area (Å²) in [5.74, 6) is 0.712. The van der Waals surface area contributed by atoms with E-state index in [0.717, 1.165) is 25.3 Å². The van der Waals surface area contributed by atoms with Crippen molar-refractivity contribution in [1.29, 1.82) is 0 Å². The van der Waals surface area contributed by atoms with E-state index in [9.17, 15) is 9.59 Å². The highest BCUT2D eigenvalue weighted by atomic mass is 16.2. The first-order valence-electron chi connectivity index (χ1n) is 8.98. The van der Waals surface area contributed by atoms with Crippen LogP contribution < -0.4 is 10.2 Å². The number of carbonyl (C=O) groups is 2. The maximum atomic E-state index is 12.5. The van der Waals surface area contributed by atoms with E-state index in [0.29, 0.717) is 25.2 Å². The van der Waals surface area contributed by atoms with Crippen LogP contribution in [0.3, 0.4) is 0 Å². The number of piperazine rings is 1. The highest BCUT2D eigenvalue weighted by Crippen LogP contribution is 2.15. The van der Waals surface area contributed by atoms with Crippen LogP contribution in [0.1, 0.15) is 22.8 Å². The minimum absolute atomic E-state index is 0.113. The highest BCUT2D eigenvalue weighted by Gasteiger charge is 2.24. The quantitative estimate of drug-likeness (QED) is 0.860. The van der Waals surface area contributed by atoms with Crippen molar-refractivity contribution < 1.29 is 9.59 Å². The molecule has 1 aliphatic rings. The average Bonchev–Trinajstić information content (AvgIpc) is 2.68. The summed E-state index contributed by atoms with van der Waals surface area (Å²) < 4.78 is 0. The molecule has 0 bridgehead atoms. The van der Waals surface area contributed by atoms with Gasteiger partial charge in [-0.2, -0.15) is 0 Å². The number of carbonyl (C=O) groups excluding carboxylic acids is 2. The van der Waals surface area contributed by atoms with Crippen molar-refractivity contribution in [2.45, 2.75) is 13.3 Å². The smallest absolute Gasteiger partial charge is 0.252 e. The van der Waals surface area contributed by atoms with Crippen molar-refractivity contribution in [3.8, 4) is 0 Å². The van der Waals surface area contributed by atoms with Crippen LogP contribution in [0.2, 0.25) is 0 Å². The Morgan fingerprint density at radius 3 is 2.62 bits per heavy atom. The molecule has 1 aromatic heterocycles. The Morgan fingerprint density at radius 1 is 1.15 bits per heavy atom. The number of pyridine rings is 1. The minimum atomic E-state index is -0.131. The van der Waals surface area contributed by atoms with Gasteiger partial charge in [-0.3, -0.25) is 9.59 Å². The second-order valence-electron chi connectivity index (χ2n) is 6.30. The molecular weight excluding hydrogens is 328 g/mol. The Bertz CT molecular complexity index is 746. The van der Waals surface area contributed by atoms with Gasteiger partial charge in [-0.05, 0) is 31.0 Å². The van der Waals surface area contributed by atoms with E-state index in [1.165, 1.54) is 5.56 Å². The fourth-order valence-corrected chi connectivity index (χ4v) is 3.02. The van der Waals surface area contributed by atoms with Crippen LogP contribution in [0.5, 0.6) is 0 Å². The third kappa shape index (κ3) is 4.39. The van der Waals surface area contributed by atoms with Crippen LogP contribution in [0.25, 0.3) is 0 Å². The SMILES string of the molecule is CCNC(=O)c1ccc(N2CCN(CCc3ccccc3)C(=O)C2)nc1. The van der Waals surface area contributed by atoms with Crippen molar-refractivity contribution >= 4 is 17.6 Å². The van der Waals surface area contributed by atoms with Crippen LogP contribution in [-0.4, -0.2) is 54.4 Å². The van der Waals surface area contributed by atoms with Crippen LogP contribution in [-0.2, 0) is 11.2 Å². The molecule has 1 N–H and O–H groups in total. The van der Waals surface area contributed by atoms with Crippen LogP contribution >= 0.6 is 0 Å². The largest absolute Gasteiger partial charge is 0.352 e. The van der Waals surface area contributed by atoms with Crippen LogP contribution in [0, 0.1) is 0 Å². The van der Waals surface area contributed by atoms with Gasteiger partial charge in [0.2, 0.25) is 5.91 Å². The number of nitrogens with zero attached hydrogens (tertiary/aromatic N) is 3. The molecule has 2 amide bonds. The third-order valence-electron chi connectivity index (χ3n) is 4.50. The molecule has 0 unspecified atom stereocenters. The Morgan fingerprint density at radius 2 is 1.96 bits per heavy atom. The molecule has 0 saturated carbocycles. The molecule has 0 aliphatic carbocycles. The van der Waals surface area contributed by atoms with Crippen LogP contribution in [0.15, 0.2) is 48.7 Å². The predicted octanol–water partition coefficient (Wildman–Crippen LogP) is 1.72. The number of anilines is 1.